The Bertz CT molecular complexity index is 1060. The van der Waals surface area contributed by atoms with Gasteiger partial charge in [0.1, 0.15) is 5.75 Å². The molecule has 1 aromatic heterocycles. The Labute approximate surface area is 207 Å². The summed E-state index contributed by atoms with van der Waals surface area (Å²) < 4.78 is 34.9. The van der Waals surface area contributed by atoms with Gasteiger partial charge in [0.15, 0.2) is 11.7 Å². The highest BCUT2D eigenvalue weighted by atomic mass is 127. The van der Waals surface area contributed by atoms with E-state index in [9.17, 15) is 13.6 Å². The molecule has 1 amide bonds. The maximum Gasteiger partial charge on any atom is 0.387 e. The summed E-state index contributed by atoms with van der Waals surface area (Å²) in [6.45, 7) is -0.272. The zero-order chi connectivity index (χ0) is 22.9. The fourth-order valence-electron chi connectivity index (χ4n) is 2.95. The number of amides is 1. The molecule has 2 aromatic carbocycles. The van der Waals surface area contributed by atoms with Gasteiger partial charge in [0, 0.05) is 31.4 Å². The van der Waals surface area contributed by atoms with Crippen molar-refractivity contribution < 1.29 is 22.7 Å². The maximum atomic E-state index is 12.6. The first-order valence-electron chi connectivity index (χ1n) is 9.87. The second-order valence-electron chi connectivity index (χ2n) is 6.90. The van der Waals surface area contributed by atoms with Crippen LogP contribution in [-0.2, 0) is 13.1 Å². The second-order valence-corrected chi connectivity index (χ2v) is 6.90. The molecule has 0 spiro atoms. The van der Waals surface area contributed by atoms with Crippen LogP contribution in [0.2, 0.25) is 0 Å². The van der Waals surface area contributed by atoms with Crippen LogP contribution in [0.1, 0.15) is 27.2 Å². The van der Waals surface area contributed by atoms with Gasteiger partial charge in [0.25, 0.3) is 5.91 Å². The minimum Gasteiger partial charge on any atom is -0.459 e. The number of carbonyl (C=O) groups excluding carboxylic acids is 1. The molecule has 0 aliphatic carbocycles. The van der Waals surface area contributed by atoms with Crippen molar-refractivity contribution in [2.75, 3.05) is 12.4 Å². The van der Waals surface area contributed by atoms with E-state index in [0.717, 1.165) is 11.1 Å². The van der Waals surface area contributed by atoms with Crippen molar-refractivity contribution in [1.29, 1.82) is 0 Å². The SMILES string of the molecule is CN=C(NCc1ccc(NC(=O)c2ccco2)cc1)NCc1cc(C)ccc1OC(F)F.I. The number of nitrogens with one attached hydrogen (secondary N) is 3. The second kappa shape index (κ2) is 12.8. The molecule has 10 heteroatoms. The topological polar surface area (TPSA) is 87.9 Å². The molecule has 0 radical (unpaired) electrons. The number of anilines is 1. The number of hydrogen-bond donors (Lipinski definition) is 3. The van der Waals surface area contributed by atoms with Gasteiger partial charge in [0.05, 0.1) is 6.26 Å². The number of halogens is 3. The Balaban J connectivity index is 0.00000385. The Hall–Kier alpha value is -3.15. The van der Waals surface area contributed by atoms with E-state index < -0.39 is 6.61 Å². The van der Waals surface area contributed by atoms with E-state index in [0.29, 0.717) is 23.8 Å². The summed E-state index contributed by atoms with van der Waals surface area (Å²) in [5, 5.41) is 9.01. The van der Waals surface area contributed by atoms with Crippen LogP contribution in [0.25, 0.3) is 0 Å². The van der Waals surface area contributed by atoms with Gasteiger partial charge in [-0.05, 0) is 42.8 Å². The number of hydrogen-bond acceptors (Lipinski definition) is 4. The summed E-state index contributed by atoms with van der Waals surface area (Å²) in [5.74, 6) is 0.545. The van der Waals surface area contributed by atoms with Crippen LogP contribution < -0.4 is 20.7 Å². The van der Waals surface area contributed by atoms with Gasteiger partial charge in [-0.25, -0.2) is 0 Å². The number of aryl methyl sites for hydroxylation is 1. The molecule has 0 bridgehead atoms. The Morgan fingerprint density at radius 1 is 1.09 bits per heavy atom. The van der Waals surface area contributed by atoms with Crippen molar-refractivity contribution in [1.82, 2.24) is 10.6 Å². The van der Waals surface area contributed by atoms with E-state index in [2.05, 4.69) is 25.7 Å². The van der Waals surface area contributed by atoms with E-state index in [4.69, 9.17) is 4.42 Å². The number of nitrogens with zero attached hydrogens (tertiary/aromatic N) is 1. The molecule has 0 aliphatic heterocycles. The van der Waals surface area contributed by atoms with E-state index in [-0.39, 0.29) is 47.9 Å². The first-order valence-corrected chi connectivity index (χ1v) is 9.87. The van der Waals surface area contributed by atoms with Crippen LogP contribution in [0.3, 0.4) is 0 Å². The molecule has 3 aromatic rings. The lowest BCUT2D eigenvalue weighted by atomic mass is 10.1. The number of alkyl halides is 2. The van der Waals surface area contributed by atoms with E-state index in [1.165, 1.54) is 12.3 Å². The average Bonchev–Trinajstić information content (AvgIpc) is 3.31. The van der Waals surface area contributed by atoms with Crippen molar-refractivity contribution in [3.05, 3.63) is 83.3 Å². The summed E-state index contributed by atoms with van der Waals surface area (Å²) >= 11 is 0. The first kappa shape index (κ1) is 26.1. The Kier molecular flexibility index (Phi) is 10.1. The summed E-state index contributed by atoms with van der Waals surface area (Å²) in [4.78, 5) is 16.2. The Morgan fingerprint density at radius 3 is 2.45 bits per heavy atom. The summed E-state index contributed by atoms with van der Waals surface area (Å²) in [7, 11) is 1.62. The fraction of sp³-hybridized carbons (Fsp3) is 0.217. The molecule has 3 rings (SSSR count). The molecule has 176 valence electrons. The number of benzene rings is 2. The molecule has 3 N–H and O–H groups in total. The van der Waals surface area contributed by atoms with Crippen molar-refractivity contribution in [3.63, 3.8) is 0 Å². The van der Waals surface area contributed by atoms with E-state index in [1.54, 1.807) is 43.4 Å². The quantitative estimate of drug-likeness (QED) is 0.203. The van der Waals surface area contributed by atoms with Gasteiger partial charge in [-0.1, -0.05) is 29.8 Å². The van der Waals surface area contributed by atoms with Gasteiger partial charge in [-0.2, -0.15) is 8.78 Å². The number of aliphatic imine (C=N–C) groups is 1. The van der Waals surface area contributed by atoms with E-state index >= 15 is 0 Å². The molecule has 0 fully saturated rings. The normalized spacial score (nSPS) is 11.0. The highest BCUT2D eigenvalue weighted by molar-refractivity contribution is 14.0. The smallest absolute Gasteiger partial charge is 0.387 e. The summed E-state index contributed by atoms with van der Waals surface area (Å²) in [5.41, 5.74) is 3.14. The molecule has 0 unspecified atom stereocenters. The monoisotopic (exact) mass is 570 g/mol. The van der Waals surface area contributed by atoms with Gasteiger partial charge < -0.3 is 25.1 Å². The van der Waals surface area contributed by atoms with Crippen molar-refractivity contribution >= 4 is 41.5 Å². The summed E-state index contributed by atoms with van der Waals surface area (Å²) in [6.07, 6.45) is 1.44. The molecular weight excluding hydrogens is 545 g/mol. The third kappa shape index (κ3) is 8.04. The Morgan fingerprint density at radius 2 is 1.82 bits per heavy atom. The lowest BCUT2D eigenvalue weighted by Gasteiger charge is -2.15. The molecule has 0 aliphatic rings. The fourth-order valence-corrected chi connectivity index (χ4v) is 2.95. The molecule has 1 heterocycles. The largest absolute Gasteiger partial charge is 0.459 e. The molecule has 0 atom stereocenters. The van der Waals surface area contributed by atoms with Crippen LogP contribution in [0.5, 0.6) is 5.75 Å². The van der Waals surface area contributed by atoms with Gasteiger partial charge in [-0.3, -0.25) is 9.79 Å². The molecule has 7 nitrogen and oxygen atoms in total. The highest BCUT2D eigenvalue weighted by Crippen LogP contribution is 2.22. The third-order valence-corrected chi connectivity index (χ3v) is 4.52. The van der Waals surface area contributed by atoms with E-state index in [1.807, 2.05) is 19.1 Å². The minimum absolute atomic E-state index is 0. The van der Waals surface area contributed by atoms with Crippen LogP contribution in [-0.4, -0.2) is 25.5 Å². The van der Waals surface area contributed by atoms with Crippen molar-refractivity contribution in [3.8, 4) is 5.75 Å². The molecule has 33 heavy (non-hydrogen) atoms. The zero-order valence-electron chi connectivity index (χ0n) is 18.1. The minimum atomic E-state index is -2.89. The molecular formula is C23H25F2IN4O3. The number of ether oxygens (including phenoxy) is 1. The third-order valence-electron chi connectivity index (χ3n) is 4.52. The van der Waals surface area contributed by atoms with Gasteiger partial charge in [-0.15, -0.1) is 24.0 Å². The zero-order valence-corrected chi connectivity index (χ0v) is 20.4. The number of carbonyl (C=O) groups is 1. The number of furan rings is 1. The van der Waals surface area contributed by atoms with Crippen LogP contribution in [0, 0.1) is 6.92 Å². The number of rotatable bonds is 8. The lowest BCUT2D eigenvalue weighted by molar-refractivity contribution is -0.0504. The summed E-state index contributed by atoms with van der Waals surface area (Å²) in [6, 6.07) is 15.6. The van der Waals surface area contributed by atoms with Crippen molar-refractivity contribution in [2.24, 2.45) is 4.99 Å². The van der Waals surface area contributed by atoms with Gasteiger partial charge >= 0.3 is 6.61 Å². The number of guanidine groups is 1. The van der Waals surface area contributed by atoms with Crippen LogP contribution in [0.4, 0.5) is 14.5 Å². The molecule has 0 saturated carbocycles. The van der Waals surface area contributed by atoms with Crippen molar-refractivity contribution in [2.45, 2.75) is 26.6 Å². The van der Waals surface area contributed by atoms with Crippen LogP contribution >= 0.6 is 24.0 Å². The average molecular weight is 570 g/mol. The van der Waals surface area contributed by atoms with Gasteiger partial charge in [0.2, 0.25) is 0 Å². The lowest BCUT2D eigenvalue weighted by Crippen LogP contribution is -2.36. The predicted octanol–water partition coefficient (Wildman–Crippen LogP) is 4.92. The first-order chi connectivity index (χ1) is 15.4. The standard InChI is InChI=1S/C23H24F2N4O3.HI/c1-15-5-10-19(32-22(24)25)17(12-15)14-28-23(26-2)27-13-16-6-8-18(9-7-16)29-21(30)20-4-3-11-31-20;/h3-12,22H,13-14H2,1-2H3,(H,29,30)(H2,26,27,28);1H. The van der Waals surface area contributed by atoms with Crippen LogP contribution in [0.15, 0.2) is 70.3 Å². The maximum absolute atomic E-state index is 12.6. The molecule has 0 saturated heterocycles. The highest BCUT2D eigenvalue weighted by Gasteiger charge is 2.11. The predicted molar refractivity (Wildman–Crippen MR) is 133 cm³/mol.